The topological polar surface area (TPSA) is 71.1 Å². The van der Waals surface area contributed by atoms with Crippen molar-refractivity contribution >= 4 is 21.4 Å². The fourth-order valence-corrected chi connectivity index (χ4v) is 4.11. The lowest BCUT2D eigenvalue weighted by molar-refractivity contribution is 0.402. The van der Waals surface area contributed by atoms with Crippen LogP contribution < -0.4 is 10.0 Å². The number of thiazole rings is 1. The third-order valence-electron chi connectivity index (χ3n) is 2.99. The molecule has 2 rings (SSSR count). The summed E-state index contributed by atoms with van der Waals surface area (Å²) >= 11 is 1.53. The molecule has 1 aromatic heterocycles. The minimum absolute atomic E-state index is 0.211. The van der Waals surface area contributed by atoms with Gasteiger partial charge in [-0.2, -0.15) is 0 Å². The van der Waals surface area contributed by atoms with Crippen LogP contribution in [0.5, 0.6) is 0 Å². The number of sulfonamides is 1. The highest BCUT2D eigenvalue weighted by atomic mass is 32.2. The van der Waals surface area contributed by atoms with Gasteiger partial charge in [-0.1, -0.05) is 0 Å². The van der Waals surface area contributed by atoms with Crippen LogP contribution in [-0.4, -0.2) is 32.2 Å². The molecular formula is C11H19N3O2S2. The molecule has 7 heteroatoms. The first-order valence-electron chi connectivity index (χ1n) is 6.14. The predicted molar refractivity (Wildman–Crippen MR) is 73.1 cm³/mol. The molecule has 5 nitrogen and oxygen atoms in total. The first kappa shape index (κ1) is 13.9. The van der Waals surface area contributed by atoms with Crippen molar-refractivity contribution in [3.05, 3.63) is 16.1 Å². The van der Waals surface area contributed by atoms with E-state index in [1.54, 1.807) is 0 Å². The van der Waals surface area contributed by atoms with E-state index < -0.39 is 10.0 Å². The van der Waals surface area contributed by atoms with Gasteiger partial charge in [0.2, 0.25) is 10.0 Å². The predicted octanol–water partition coefficient (Wildman–Crippen LogP) is 0.871. The fraction of sp³-hybridized carbons (Fsp3) is 0.727. The molecule has 0 aliphatic carbocycles. The minimum Gasteiger partial charge on any atom is -0.316 e. The number of aryl methyl sites for hydroxylation is 1. The van der Waals surface area contributed by atoms with Crippen LogP contribution in [0.2, 0.25) is 0 Å². The van der Waals surface area contributed by atoms with Crippen molar-refractivity contribution < 1.29 is 8.42 Å². The Morgan fingerprint density at radius 2 is 2.44 bits per heavy atom. The van der Waals surface area contributed by atoms with Crippen LogP contribution in [0.3, 0.4) is 0 Å². The largest absolute Gasteiger partial charge is 0.316 e. The van der Waals surface area contributed by atoms with Crippen LogP contribution in [0.1, 0.15) is 23.5 Å². The maximum Gasteiger partial charge on any atom is 0.212 e. The smallest absolute Gasteiger partial charge is 0.212 e. The quantitative estimate of drug-likeness (QED) is 0.844. The maximum atomic E-state index is 11.9. The first-order chi connectivity index (χ1) is 8.55. The Morgan fingerprint density at radius 1 is 1.61 bits per heavy atom. The van der Waals surface area contributed by atoms with Gasteiger partial charge in [0, 0.05) is 5.38 Å². The summed E-state index contributed by atoms with van der Waals surface area (Å²) in [6, 6.07) is 0. The summed E-state index contributed by atoms with van der Waals surface area (Å²) in [6.07, 6.45) is 2.05. The molecule has 0 aromatic carbocycles. The molecule has 2 N–H and O–H groups in total. The summed E-state index contributed by atoms with van der Waals surface area (Å²) in [7, 11) is -3.20. The zero-order valence-corrected chi connectivity index (χ0v) is 12.1. The van der Waals surface area contributed by atoms with Crippen molar-refractivity contribution in [2.24, 2.45) is 5.92 Å². The van der Waals surface area contributed by atoms with Crippen LogP contribution in [0, 0.1) is 12.8 Å². The number of rotatable bonds is 5. The van der Waals surface area contributed by atoms with Gasteiger partial charge in [-0.3, -0.25) is 0 Å². The molecule has 1 unspecified atom stereocenters. The molecule has 2 heterocycles. The summed E-state index contributed by atoms with van der Waals surface area (Å²) in [5.41, 5.74) is 0.794. The molecule has 1 aliphatic heterocycles. The highest BCUT2D eigenvalue weighted by Crippen LogP contribution is 2.12. The van der Waals surface area contributed by atoms with Gasteiger partial charge >= 0.3 is 0 Å². The number of nitrogens with one attached hydrogen (secondary N) is 2. The third kappa shape index (κ3) is 4.31. The lowest BCUT2D eigenvalue weighted by Gasteiger charge is -2.22. The highest BCUT2D eigenvalue weighted by molar-refractivity contribution is 7.89. The van der Waals surface area contributed by atoms with E-state index in [-0.39, 0.29) is 11.7 Å². The molecule has 1 aliphatic rings. The van der Waals surface area contributed by atoms with E-state index in [2.05, 4.69) is 15.0 Å². The van der Waals surface area contributed by atoms with Crippen LogP contribution in [0.4, 0.5) is 0 Å². The second-order valence-electron chi connectivity index (χ2n) is 4.67. The van der Waals surface area contributed by atoms with E-state index in [1.807, 2.05) is 12.3 Å². The number of hydrogen-bond acceptors (Lipinski definition) is 5. The molecule has 0 amide bonds. The Morgan fingerprint density at radius 3 is 3.06 bits per heavy atom. The van der Waals surface area contributed by atoms with Gasteiger partial charge in [-0.15, -0.1) is 11.3 Å². The number of hydrogen-bond donors (Lipinski definition) is 2. The molecule has 1 saturated heterocycles. The van der Waals surface area contributed by atoms with Gasteiger partial charge in [0.05, 0.1) is 23.0 Å². The van der Waals surface area contributed by atoms with Gasteiger partial charge in [-0.25, -0.2) is 18.1 Å². The molecule has 1 aromatic rings. The Bertz CT molecular complexity index is 478. The van der Waals surface area contributed by atoms with Gasteiger partial charge < -0.3 is 5.32 Å². The van der Waals surface area contributed by atoms with Crippen LogP contribution >= 0.6 is 11.3 Å². The van der Waals surface area contributed by atoms with E-state index >= 15 is 0 Å². The second-order valence-corrected chi connectivity index (χ2v) is 7.59. The van der Waals surface area contributed by atoms with Crippen molar-refractivity contribution in [3.63, 3.8) is 0 Å². The highest BCUT2D eigenvalue weighted by Gasteiger charge is 2.21. The Hall–Kier alpha value is -0.500. The molecule has 0 saturated carbocycles. The summed E-state index contributed by atoms with van der Waals surface area (Å²) in [5.74, 6) is 0.441. The van der Waals surface area contributed by atoms with E-state index in [9.17, 15) is 8.42 Å². The molecule has 1 atom stereocenters. The molecular weight excluding hydrogens is 270 g/mol. The van der Waals surface area contributed by atoms with Gasteiger partial charge in [0.1, 0.15) is 0 Å². The summed E-state index contributed by atoms with van der Waals surface area (Å²) < 4.78 is 26.5. The lowest BCUT2D eigenvalue weighted by Crippen LogP contribution is -2.37. The number of nitrogens with zero attached hydrogens (tertiary/aromatic N) is 1. The molecule has 102 valence electrons. The third-order valence-corrected chi connectivity index (χ3v) is 5.31. The zero-order chi connectivity index (χ0) is 13.0. The minimum atomic E-state index is -3.20. The summed E-state index contributed by atoms with van der Waals surface area (Å²) in [5, 5.41) is 6.08. The van der Waals surface area contributed by atoms with Crippen molar-refractivity contribution in [1.29, 1.82) is 0 Å². The van der Waals surface area contributed by atoms with Crippen molar-refractivity contribution in [2.75, 3.05) is 18.8 Å². The van der Waals surface area contributed by atoms with Crippen LogP contribution in [0.15, 0.2) is 5.38 Å². The van der Waals surface area contributed by atoms with Gasteiger partial charge in [-0.05, 0) is 38.8 Å². The molecule has 0 spiro atoms. The fourth-order valence-electron chi connectivity index (χ4n) is 2.11. The molecule has 0 bridgehead atoms. The summed E-state index contributed by atoms with van der Waals surface area (Å²) in [6.45, 7) is 4.02. The van der Waals surface area contributed by atoms with Crippen LogP contribution in [-0.2, 0) is 16.6 Å². The first-order valence-corrected chi connectivity index (χ1v) is 8.67. The Kier molecular flexibility index (Phi) is 4.71. The standard InChI is InChI=1S/C11H19N3O2S2/c1-9-14-11(7-17-9)6-13-18(15,16)8-10-3-2-4-12-5-10/h7,10,12-13H,2-6,8H2,1H3. The summed E-state index contributed by atoms with van der Waals surface area (Å²) in [4.78, 5) is 4.24. The SMILES string of the molecule is Cc1nc(CNS(=O)(=O)CC2CCCNC2)cs1. The average Bonchev–Trinajstić information content (AvgIpc) is 2.74. The van der Waals surface area contributed by atoms with Crippen molar-refractivity contribution in [2.45, 2.75) is 26.3 Å². The van der Waals surface area contributed by atoms with E-state index in [0.717, 1.165) is 36.6 Å². The van der Waals surface area contributed by atoms with Crippen molar-refractivity contribution in [3.8, 4) is 0 Å². The molecule has 1 fully saturated rings. The van der Waals surface area contributed by atoms with Gasteiger partial charge in [0.15, 0.2) is 0 Å². The molecule has 18 heavy (non-hydrogen) atoms. The Labute approximate surface area is 112 Å². The Balaban J connectivity index is 1.83. The average molecular weight is 289 g/mol. The van der Waals surface area contributed by atoms with Crippen molar-refractivity contribution in [1.82, 2.24) is 15.0 Å². The lowest BCUT2D eigenvalue weighted by atomic mass is 10.0. The number of aromatic nitrogens is 1. The maximum absolute atomic E-state index is 11.9. The van der Waals surface area contributed by atoms with E-state index in [1.165, 1.54) is 11.3 Å². The second kappa shape index (κ2) is 6.10. The molecule has 0 radical (unpaired) electrons. The van der Waals surface area contributed by atoms with Gasteiger partial charge in [0.25, 0.3) is 0 Å². The number of piperidine rings is 1. The van der Waals surface area contributed by atoms with E-state index in [4.69, 9.17) is 0 Å². The monoisotopic (exact) mass is 289 g/mol. The zero-order valence-electron chi connectivity index (χ0n) is 10.5. The van der Waals surface area contributed by atoms with E-state index in [0.29, 0.717) is 6.54 Å². The van der Waals surface area contributed by atoms with Crippen LogP contribution in [0.25, 0.3) is 0 Å². The normalized spacial score (nSPS) is 21.1.